The van der Waals surface area contributed by atoms with Crippen molar-refractivity contribution in [2.45, 2.75) is 26.1 Å². The van der Waals surface area contributed by atoms with Crippen molar-refractivity contribution in [2.75, 3.05) is 13.2 Å². The first kappa shape index (κ1) is 17.0. The molecular weight excluding hydrogens is 290 g/mol. The third-order valence-corrected chi connectivity index (χ3v) is 3.27. The van der Waals surface area contributed by atoms with E-state index in [1.807, 2.05) is 50.2 Å². The van der Waals surface area contributed by atoms with Crippen LogP contribution in [0.15, 0.2) is 48.5 Å². The molecule has 4 heteroatoms. The van der Waals surface area contributed by atoms with Gasteiger partial charge in [0.05, 0.1) is 24.3 Å². The van der Waals surface area contributed by atoms with Crippen molar-refractivity contribution in [3.8, 4) is 22.9 Å². The van der Waals surface area contributed by atoms with Crippen LogP contribution in [0.1, 0.15) is 19.4 Å². The first-order chi connectivity index (χ1) is 11.1. The van der Waals surface area contributed by atoms with E-state index in [2.05, 4.69) is 6.07 Å². The molecule has 120 valence electrons. The van der Waals surface area contributed by atoms with Crippen molar-refractivity contribution in [3.63, 3.8) is 0 Å². The Morgan fingerprint density at radius 1 is 0.957 bits per heavy atom. The summed E-state index contributed by atoms with van der Waals surface area (Å²) in [7, 11) is 0. The van der Waals surface area contributed by atoms with E-state index in [4.69, 9.17) is 14.7 Å². The van der Waals surface area contributed by atoms with Crippen LogP contribution in [0.2, 0.25) is 0 Å². The zero-order valence-corrected chi connectivity index (χ0v) is 13.4. The first-order valence-corrected chi connectivity index (χ1v) is 7.61. The van der Waals surface area contributed by atoms with E-state index in [-0.39, 0.29) is 19.3 Å². The van der Waals surface area contributed by atoms with Crippen LogP contribution in [-0.2, 0) is 4.74 Å². The molecule has 0 heterocycles. The zero-order valence-electron chi connectivity index (χ0n) is 13.4. The normalized spacial score (nSPS) is 12.0. The van der Waals surface area contributed by atoms with Gasteiger partial charge in [-0.1, -0.05) is 24.3 Å². The molecule has 2 rings (SSSR count). The summed E-state index contributed by atoms with van der Waals surface area (Å²) in [5, 5.41) is 18.6. The molecule has 0 radical (unpaired) electrons. The molecule has 0 bridgehead atoms. The van der Waals surface area contributed by atoms with Crippen LogP contribution in [0.3, 0.4) is 0 Å². The molecule has 0 amide bonds. The van der Waals surface area contributed by atoms with Crippen LogP contribution in [0.4, 0.5) is 0 Å². The Morgan fingerprint density at radius 3 is 2.04 bits per heavy atom. The molecule has 2 aromatic rings. The predicted octanol–water partition coefficient (Wildman–Crippen LogP) is 3.39. The third-order valence-electron chi connectivity index (χ3n) is 3.27. The third kappa shape index (κ3) is 5.41. The van der Waals surface area contributed by atoms with Crippen LogP contribution < -0.4 is 4.74 Å². The highest BCUT2D eigenvalue weighted by molar-refractivity contribution is 5.64. The summed E-state index contributed by atoms with van der Waals surface area (Å²) in [6.45, 7) is 4.31. The number of rotatable bonds is 7. The fraction of sp³-hybridized carbons (Fsp3) is 0.316. The SMILES string of the molecule is CC(C)OCC(O)COc1ccc(-c2ccc(C#N)cc2)cc1. The molecule has 0 aliphatic carbocycles. The predicted molar refractivity (Wildman–Crippen MR) is 89.2 cm³/mol. The minimum absolute atomic E-state index is 0.0938. The largest absolute Gasteiger partial charge is 0.491 e. The van der Waals surface area contributed by atoms with Crippen molar-refractivity contribution >= 4 is 0 Å². The highest BCUT2D eigenvalue weighted by Crippen LogP contribution is 2.22. The lowest BCUT2D eigenvalue weighted by molar-refractivity contribution is -0.0122. The van der Waals surface area contributed by atoms with E-state index in [0.29, 0.717) is 11.3 Å². The quantitative estimate of drug-likeness (QED) is 0.851. The monoisotopic (exact) mass is 311 g/mol. The molecule has 2 aromatic carbocycles. The number of hydrogen-bond donors (Lipinski definition) is 1. The second kappa shape index (κ2) is 8.33. The fourth-order valence-corrected chi connectivity index (χ4v) is 2.02. The Hall–Kier alpha value is -2.35. The number of hydrogen-bond acceptors (Lipinski definition) is 4. The van der Waals surface area contributed by atoms with Crippen molar-refractivity contribution < 1.29 is 14.6 Å². The summed E-state index contributed by atoms with van der Waals surface area (Å²) in [4.78, 5) is 0. The van der Waals surface area contributed by atoms with Crippen LogP contribution in [0, 0.1) is 11.3 Å². The molecule has 0 saturated heterocycles. The molecule has 23 heavy (non-hydrogen) atoms. The number of aliphatic hydroxyl groups is 1. The molecule has 1 N–H and O–H groups in total. The molecule has 0 spiro atoms. The summed E-state index contributed by atoms with van der Waals surface area (Å²) >= 11 is 0. The number of nitriles is 1. The van der Waals surface area contributed by atoms with Gasteiger partial charge in [-0.2, -0.15) is 5.26 Å². The lowest BCUT2D eigenvalue weighted by atomic mass is 10.0. The van der Waals surface area contributed by atoms with E-state index < -0.39 is 6.10 Å². The van der Waals surface area contributed by atoms with Gasteiger partial charge in [0.15, 0.2) is 0 Å². The minimum Gasteiger partial charge on any atom is -0.491 e. The molecular formula is C19H21NO3. The van der Waals surface area contributed by atoms with Crippen molar-refractivity contribution in [3.05, 3.63) is 54.1 Å². The number of benzene rings is 2. The Kier molecular flexibility index (Phi) is 6.16. The Balaban J connectivity index is 1.90. The molecule has 0 aliphatic rings. The maximum atomic E-state index is 9.77. The maximum absolute atomic E-state index is 9.77. The van der Waals surface area contributed by atoms with Gasteiger partial charge in [-0.05, 0) is 49.2 Å². The van der Waals surface area contributed by atoms with E-state index in [0.717, 1.165) is 11.1 Å². The van der Waals surface area contributed by atoms with Gasteiger partial charge in [0.2, 0.25) is 0 Å². The van der Waals surface area contributed by atoms with Crippen molar-refractivity contribution in [2.24, 2.45) is 0 Å². The van der Waals surface area contributed by atoms with E-state index >= 15 is 0 Å². The standard InChI is InChI=1S/C19H21NO3/c1-14(2)22-12-18(21)13-23-19-9-7-17(8-10-19)16-5-3-15(11-20)4-6-16/h3-10,14,18,21H,12-13H2,1-2H3. The maximum Gasteiger partial charge on any atom is 0.119 e. The highest BCUT2D eigenvalue weighted by Gasteiger charge is 2.07. The Bertz CT molecular complexity index is 642. The van der Waals surface area contributed by atoms with Gasteiger partial charge in [0.25, 0.3) is 0 Å². The second-order valence-electron chi connectivity index (χ2n) is 5.56. The van der Waals surface area contributed by atoms with Gasteiger partial charge in [-0.3, -0.25) is 0 Å². The van der Waals surface area contributed by atoms with Gasteiger partial charge < -0.3 is 14.6 Å². The topological polar surface area (TPSA) is 62.5 Å². The first-order valence-electron chi connectivity index (χ1n) is 7.61. The molecule has 0 saturated carbocycles. The molecule has 4 nitrogen and oxygen atoms in total. The molecule has 0 fully saturated rings. The van der Waals surface area contributed by atoms with Crippen LogP contribution in [-0.4, -0.2) is 30.5 Å². The summed E-state index contributed by atoms with van der Waals surface area (Å²) in [5.41, 5.74) is 2.73. The Morgan fingerprint density at radius 2 is 1.52 bits per heavy atom. The van der Waals surface area contributed by atoms with E-state index in [1.54, 1.807) is 12.1 Å². The van der Waals surface area contributed by atoms with Gasteiger partial charge in [-0.15, -0.1) is 0 Å². The molecule has 1 atom stereocenters. The number of nitrogens with zero attached hydrogens (tertiary/aromatic N) is 1. The Labute approximate surface area is 136 Å². The fourth-order valence-electron chi connectivity index (χ4n) is 2.02. The summed E-state index contributed by atoms with van der Waals surface area (Å²) in [5.74, 6) is 0.700. The number of ether oxygens (including phenoxy) is 2. The molecule has 1 unspecified atom stereocenters. The summed E-state index contributed by atoms with van der Waals surface area (Å²) in [6.07, 6.45) is -0.549. The average Bonchev–Trinajstić information content (AvgIpc) is 2.58. The van der Waals surface area contributed by atoms with E-state index in [1.165, 1.54) is 0 Å². The van der Waals surface area contributed by atoms with Gasteiger partial charge >= 0.3 is 0 Å². The molecule has 0 aromatic heterocycles. The van der Waals surface area contributed by atoms with Crippen LogP contribution in [0.5, 0.6) is 5.75 Å². The van der Waals surface area contributed by atoms with Crippen LogP contribution in [0.25, 0.3) is 11.1 Å². The van der Waals surface area contributed by atoms with Gasteiger partial charge in [-0.25, -0.2) is 0 Å². The number of aliphatic hydroxyl groups excluding tert-OH is 1. The smallest absolute Gasteiger partial charge is 0.119 e. The van der Waals surface area contributed by atoms with Gasteiger partial charge in [0.1, 0.15) is 18.5 Å². The second-order valence-corrected chi connectivity index (χ2v) is 5.56. The zero-order chi connectivity index (χ0) is 16.7. The summed E-state index contributed by atoms with van der Waals surface area (Å²) < 4.78 is 10.9. The molecule has 0 aliphatic heterocycles. The average molecular weight is 311 g/mol. The summed E-state index contributed by atoms with van der Waals surface area (Å²) in [6, 6.07) is 17.2. The van der Waals surface area contributed by atoms with E-state index in [9.17, 15) is 5.11 Å². The minimum atomic E-state index is -0.643. The lowest BCUT2D eigenvalue weighted by Crippen LogP contribution is -2.25. The van der Waals surface area contributed by atoms with Gasteiger partial charge in [0, 0.05) is 0 Å². The highest BCUT2D eigenvalue weighted by atomic mass is 16.5. The van der Waals surface area contributed by atoms with Crippen molar-refractivity contribution in [1.29, 1.82) is 5.26 Å². The lowest BCUT2D eigenvalue weighted by Gasteiger charge is -2.14. The van der Waals surface area contributed by atoms with Crippen LogP contribution >= 0.6 is 0 Å². The van der Waals surface area contributed by atoms with Crippen molar-refractivity contribution in [1.82, 2.24) is 0 Å².